The molecule has 140 valence electrons. The Balaban J connectivity index is 1.75. The summed E-state index contributed by atoms with van der Waals surface area (Å²) in [5.41, 5.74) is 3.14. The van der Waals surface area contributed by atoms with Gasteiger partial charge in [0.1, 0.15) is 0 Å². The third-order valence-corrected chi connectivity index (χ3v) is 6.07. The zero-order valence-electron chi connectivity index (χ0n) is 16.8. The molecule has 24 heavy (non-hydrogen) atoms. The first-order valence-corrected chi connectivity index (χ1v) is 10.4. The van der Waals surface area contributed by atoms with E-state index in [-0.39, 0.29) is 12.4 Å². The monoisotopic (exact) mass is 336 g/mol. The number of allylic oxidation sites excluding steroid dienone is 1. The van der Waals surface area contributed by atoms with Crippen molar-refractivity contribution in [2.24, 2.45) is 17.8 Å². The number of hydrogen-bond acceptors (Lipinski definition) is 2. The summed E-state index contributed by atoms with van der Waals surface area (Å²) >= 11 is 0. The molecule has 0 amide bonds. The molecule has 0 bridgehead atoms. The Morgan fingerprint density at radius 3 is 2.42 bits per heavy atom. The molecule has 1 saturated carbocycles. The van der Waals surface area contributed by atoms with Crippen LogP contribution in [0.2, 0.25) is 0 Å². The molecular formula is C22H40O2. The van der Waals surface area contributed by atoms with Crippen molar-refractivity contribution in [3.63, 3.8) is 0 Å². The Hall–Kier alpha value is -0.340. The maximum atomic E-state index is 6.27. The lowest BCUT2D eigenvalue weighted by Crippen LogP contribution is -2.28. The third kappa shape index (κ3) is 6.52. The van der Waals surface area contributed by atoms with Crippen LogP contribution in [0.25, 0.3) is 0 Å². The highest BCUT2D eigenvalue weighted by molar-refractivity contribution is 5.19. The molecule has 2 unspecified atom stereocenters. The van der Waals surface area contributed by atoms with Crippen LogP contribution in [0.3, 0.4) is 0 Å². The SMILES string of the molecule is CC1=C(CCC(C)C)CCCC1OC(C)OCC1CCC(C)CC1. The van der Waals surface area contributed by atoms with Crippen LogP contribution >= 0.6 is 0 Å². The summed E-state index contributed by atoms with van der Waals surface area (Å²) in [6.45, 7) is 12.3. The van der Waals surface area contributed by atoms with Crippen LogP contribution in [-0.2, 0) is 9.47 Å². The maximum Gasteiger partial charge on any atom is 0.155 e. The summed E-state index contributed by atoms with van der Waals surface area (Å²) in [7, 11) is 0. The normalized spacial score (nSPS) is 30.0. The van der Waals surface area contributed by atoms with Gasteiger partial charge in [-0.3, -0.25) is 0 Å². The summed E-state index contributed by atoms with van der Waals surface area (Å²) in [4.78, 5) is 0. The molecule has 0 aromatic carbocycles. The molecule has 2 heteroatoms. The number of hydrogen-bond donors (Lipinski definition) is 0. The van der Waals surface area contributed by atoms with Crippen LogP contribution in [-0.4, -0.2) is 19.0 Å². The molecule has 1 fully saturated rings. The molecule has 0 aromatic rings. The van der Waals surface area contributed by atoms with Gasteiger partial charge in [0.15, 0.2) is 6.29 Å². The van der Waals surface area contributed by atoms with Gasteiger partial charge in [-0.25, -0.2) is 0 Å². The van der Waals surface area contributed by atoms with E-state index in [1.807, 2.05) is 0 Å². The van der Waals surface area contributed by atoms with E-state index in [1.165, 1.54) is 56.9 Å². The van der Waals surface area contributed by atoms with Crippen molar-refractivity contribution in [2.75, 3.05) is 6.61 Å². The van der Waals surface area contributed by atoms with Gasteiger partial charge in [0.05, 0.1) is 12.7 Å². The first kappa shape index (κ1) is 20.0. The number of ether oxygens (including phenoxy) is 2. The predicted molar refractivity (Wildman–Crippen MR) is 102 cm³/mol. The zero-order chi connectivity index (χ0) is 17.5. The quantitative estimate of drug-likeness (QED) is 0.372. The molecule has 2 aliphatic carbocycles. The van der Waals surface area contributed by atoms with Crippen molar-refractivity contribution in [3.8, 4) is 0 Å². The van der Waals surface area contributed by atoms with E-state index in [9.17, 15) is 0 Å². The molecule has 2 nitrogen and oxygen atoms in total. The fourth-order valence-electron chi connectivity index (χ4n) is 4.14. The summed E-state index contributed by atoms with van der Waals surface area (Å²) in [6.07, 6.45) is 11.8. The second kappa shape index (κ2) is 9.97. The van der Waals surface area contributed by atoms with Gasteiger partial charge >= 0.3 is 0 Å². The molecule has 0 spiro atoms. The fraction of sp³-hybridized carbons (Fsp3) is 0.909. The van der Waals surface area contributed by atoms with Crippen LogP contribution in [0, 0.1) is 17.8 Å². The van der Waals surface area contributed by atoms with E-state index < -0.39 is 0 Å². The van der Waals surface area contributed by atoms with Crippen molar-refractivity contribution in [3.05, 3.63) is 11.1 Å². The zero-order valence-corrected chi connectivity index (χ0v) is 16.8. The molecule has 0 radical (unpaired) electrons. The molecule has 2 aliphatic rings. The Labute approximate surface area is 150 Å². The molecule has 0 saturated heterocycles. The van der Waals surface area contributed by atoms with Gasteiger partial charge in [0.2, 0.25) is 0 Å². The topological polar surface area (TPSA) is 18.5 Å². The van der Waals surface area contributed by atoms with Crippen molar-refractivity contribution in [1.82, 2.24) is 0 Å². The molecule has 2 rings (SSSR count). The van der Waals surface area contributed by atoms with Gasteiger partial charge in [-0.1, -0.05) is 39.2 Å². The minimum absolute atomic E-state index is 0.0752. The van der Waals surface area contributed by atoms with E-state index in [4.69, 9.17) is 9.47 Å². The fourth-order valence-corrected chi connectivity index (χ4v) is 4.14. The van der Waals surface area contributed by atoms with Crippen LogP contribution in [0.4, 0.5) is 0 Å². The minimum Gasteiger partial charge on any atom is -0.353 e. The maximum absolute atomic E-state index is 6.27. The van der Waals surface area contributed by atoms with Gasteiger partial charge < -0.3 is 9.47 Å². The summed E-state index contributed by atoms with van der Waals surface area (Å²) in [6, 6.07) is 0. The molecule has 0 aromatic heterocycles. The van der Waals surface area contributed by atoms with E-state index >= 15 is 0 Å². The van der Waals surface area contributed by atoms with Crippen molar-refractivity contribution >= 4 is 0 Å². The van der Waals surface area contributed by atoms with Gasteiger partial charge in [0.25, 0.3) is 0 Å². The van der Waals surface area contributed by atoms with Crippen LogP contribution in [0.15, 0.2) is 11.1 Å². The standard InChI is InChI=1S/C22H40O2/c1-16(2)9-14-21-7-6-8-22(18(21)4)24-19(5)23-15-20-12-10-17(3)11-13-20/h16-17,19-20,22H,6-15H2,1-5H3. The summed E-state index contributed by atoms with van der Waals surface area (Å²) in [5.74, 6) is 2.44. The van der Waals surface area contributed by atoms with Gasteiger partial charge in [-0.2, -0.15) is 0 Å². The molecule has 0 aliphatic heterocycles. The molecule has 0 N–H and O–H groups in total. The van der Waals surface area contributed by atoms with E-state index in [2.05, 4.69) is 34.6 Å². The second-order valence-corrected chi connectivity index (χ2v) is 8.76. The molecule has 0 heterocycles. The largest absolute Gasteiger partial charge is 0.353 e. The highest BCUT2D eigenvalue weighted by Crippen LogP contribution is 2.32. The van der Waals surface area contributed by atoms with Crippen LogP contribution in [0.1, 0.15) is 92.4 Å². The van der Waals surface area contributed by atoms with Gasteiger partial charge in [0, 0.05) is 0 Å². The van der Waals surface area contributed by atoms with Crippen molar-refractivity contribution in [2.45, 2.75) is 105 Å². The third-order valence-electron chi connectivity index (χ3n) is 6.07. The van der Waals surface area contributed by atoms with E-state index in [0.717, 1.165) is 30.8 Å². The van der Waals surface area contributed by atoms with Crippen LogP contribution < -0.4 is 0 Å². The Morgan fingerprint density at radius 1 is 1.04 bits per heavy atom. The van der Waals surface area contributed by atoms with E-state index in [1.54, 1.807) is 5.57 Å². The molecular weight excluding hydrogens is 296 g/mol. The lowest BCUT2D eigenvalue weighted by atomic mass is 9.83. The first-order chi connectivity index (χ1) is 11.5. The summed E-state index contributed by atoms with van der Waals surface area (Å²) < 4.78 is 12.3. The summed E-state index contributed by atoms with van der Waals surface area (Å²) in [5, 5.41) is 0. The second-order valence-electron chi connectivity index (χ2n) is 8.76. The first-order valence-electron chi connectivity index (χ1n) is 10.4. The number of rotatable bonds is 8. The lowest BCUT2D eigenvalue weighted by molar-refractivity contribution is -0.162. The highest BCUT2D eigenvalue weighted by Gasteiger charge is 2.24. The van der Waals surface area contributed by atoms with Gasteiger partial charge in [-0.15, -0.1) is 0 Å². The smallest absolute Gasteiger partial charge is 0.155 e. The average Bonchev–Trinajstić information content (AvgIpc) is 2.55. The molecule has 2 atom stereocenters. The van der Waals surface area contributed by atoms with Crippen LogP contribution in [0.5, 0.6) is 0 Å². The van der Waals surface area contributed by atoms with Crippen molar-refractivity contribution < 1.29 is 9.47 Å². The lowest BCUT2D eigenvalue weighted by Gasteiger charge is -2.31. The van der Waals surface area contributed by atoms with Gasteiger partial charge in [-0.05, 0) is 82.1 Å². The Morgan fingerprint density at radius 2 is 1.75 bits per heavy atom. The Bertz CT molecular complexity index is 391. The highest BCUT2D eigenvalue weighted by atomic mass is 16.7. The van der Waals surface area contributed by atoms with E-state index in [0.29, 0.717) is 0 Å². The van der Waals surface area contributed by atoms with Crippen molar-refractivity contribution in [1.29, 1.82) is 0 Å². The minimum atomic E-state index is -0.0752. The average molecular weight is 337 g/mol. The Kier molecular flexibility index (Phi) is 8.30. The predicted octanol–water partition coefficient (Wildman–Crippen LogP) is 6.50.